The number of hydrogen-bond acceptors (Lipinski definition) is 3. The van der Waals surface area contributed by atoms with Crippen LogP contribution in [0, 0.1) is 6.92 Å². The molecule has 3 aromatic rings. The predicted octanol–water partition coefficient (Wildman–Crippen LogP) is 4.03. The van der Waals surface area contributed by atoms with Crippen LogP contribution in [-0.4, -0.2) is 22.8 Å². The number of nitrogens with zero attached hydrogens (tertiary/aromatic N) is 1. The Kier molecular flexibility index (Phi) is 4.66. The monoisotopic (exact) mass is 355 g/mol. The number of halogens is 3. The van der Waals surface area contributed by atoms with E-state index in [2.05, 4.69) is 15.0 Å². The molecule has 0 amide bonds. The van der Waals surface area contributed by atoms with Crippen molar-refractivity contribution in [2.24, 2.45) is 0 Å². The maximum atomic E-state index is 12.3. The summed E-state index contributed by atoms with van der Waals surface area (Å²) in [5, 5.41) is 0.860. The third-order valence-corrected chi connectivity index (χ3v) is 4.34. The van der Waals surface area contributed by atoms with Crippen LogP contribution in [-0.2, 0) is 5.75 Å². The molecule has 0 atom stereocenters. The Morgan fingerprint density at radius 2 is 2.08 bits per heavy atom. The van der Waals surface area contributed by atoms with Crippen molar-refractivity contribution in [2.45, 2.75) is 24.0 Å². The van der Waals surface area contributed by atoms with Gasteiger partial charge in [0.25, 0.3) is 0 Å². The number of nitrogens with one attached hydrogen (secondary N) is 2. The molecule has 0 aliphatic rings. The molecule has 0 saturated heterocycles. The summed E-state index contributed by atoms with van der Waals surface area (Å²) in [6.45, 7) is 0.407. The number of aromatic nitrogens is 3. The van der Waals surface area contributed by atoms with E-state index in [-0.39, 0.29) is 7.18 Å². The first-order chi connectivity index (χ1) is 11.4. The van der Waals surface area contributed by atoms with Gasteiger partial charge in [-0.3, -0.25) is 4.98 Å². The molecule has 0 unspecified atom stereocenters. The van der Waals surface area contributed by atoms with E-state index in [4.69, 9.17) is 4.74 Å². The molecule has 0 aliphatic carbocycles. The second-order valence-electron chi connectivity index (χ2n) is 5.20. The van der Waals surface area contributed by atoms with E-state index in [0.29, 0.717) is 17.0 Å². The van der Waals surface area contributed by atoms with Gasteiger partial charge in [0.05, 0.1) is 5.69 Å². The number of hydrogen-bond donors (Lipinski definition) is 1. The predicted molar refractivity (Wildman–Crippen MR) is 86.1 cm³/mol. The molecular formula is C16H16F3N3OS. The SMILES string of the molecule is Cc1c(OCC(F)(F)F)ccnc1CSc1[nH]c2ccccc2[nH+]1.[H-]. The van der Waals surface area contributed by atoms with Gasteiger partial charge in [-0.15, -0.1) is 0 Å². The topological polar surface area (TPSA) is 52.0 Å². The van der Waals surface area contributed by atoms with E-state index < -0.39 is 12.8 Å². The summed E-state index contributed by atoms with van der Waals surface area (Å²) < 4.78 is 41.7. The summed E-state index contributed by atoms with van der Waals surface area (Å²) in [6.07, 6.45) is -2.90. The highest BCUT2D eigenvalue weighted by atomic mass is 32.2. The zero-order chi connectivity index (χ0) is 17.2. The Morgan fingerprint density at radius 1 is 1.29 bits per heavy atom. The van der Waals surface area contributed by atoms with Crippen molar-refractivity contribution in [2.75, 3.05) is 6.61 Å². The zero-order valence-electron chi connectivity index (χ0n) is 13.8. The van der Waals surface area contributed by atoms with E-state index in [9.17, 15) is 13.2 Å². The number of fused-ring (bicyclic) bond motifs is 1. The number of aromatic amines is 2. The van der Waals surface area contributed by atoms with Crippen LogP contribution in [0.2, 0.25) is 0 Å². The van der Waals surface area contributed by atoms with Crippen LogP contribution in [0.25, 0.3) is 11.0 Å². The molecule has 0 spiro atoms. The molecule has 3 rings (SSSR count). The van der Waals surface area contributed by atoms with Gasteiger partial charge in [0, 0.05) is 17.5 Å². The number of pyridine rings is 1. The second-order valence-corrected chi connectivity index (χ2v) is 6.18. The van der Waals surface area contributed by atoms with Crippen molar-refractivity contribution in [3.8, 4) is 5.75 Å². The van der Waals surface area contributed by atoms with Crippen LogP contribution >= 0.6 is 11.8 Å². The summed E-state index contributed by atoms with van der Waals surface area (Å²) in [5.74, 6) is 0.719. The summed E-state index contributed by atoms with van der Waals surface area (Å²) in [6, 6.07) is 9.25. The number of alkyl halides is 3. The second kappa shape index (κ2) is 6.72. The molecule has 1 aromatic carbocycles. The quantitative estimate of drug-likeness (QED) is 0.703. The average Bonchev–Trinajstić information content (AvgIpc) is 2.95. The summed E-state index contributed by atoms with van der Waals surface area (Å²) in [5.41, 5.74) is 3.29. The zero-order valence-corrected chi connectivity index (χ0v) is 13.6. The number of ether oxygens (including phenoxy) is 1. The molecular weight excluding hydrogens is 339 g/mol. The molecule has 0 radical (unpaired) electrons. The first kappa shape index (κ1) is 16.6. The lowest BCUT2D eigenvalue weighted by Gasteiger charge is -2.12. The molecule has 24 heavy (non-hydrogen) atoms. The van der Waals surface area contributed by atoms with Crippen molar-refractivity contribution in [1.29, 1.82) is 0 Å². The van der Waals surface area contributed by atoms with Crippen LogP contribution in [0.3, 0.4) is 0 Å². The number of para-hydroxylation sites is 2. The Hall–Kier alpha value is -2.22. The Morgan fingerprint density at radius 3 is 2.83 bits per heavy atom. The number of benzene rings is 1. The fourth-order valence-electron chi connectivity index (χ4n) is 2.21. The van der Waals surface area contributed by atoms with Crippen LogP contribution in [0.1, 0.15) is 12.7 Å². The lowest BCUT2D eigenvalue weighted by Crippen LogP contribution is -2.19. The van der Waals surface area contributed by atoms with E-state index in [1.807, 2.05) is 24.3 Å². The molecule has 0 bridgehead atoms. The molecule has 2 N–H and O–H groups in total. The molecule has 0 saturated carbocycles. The first-order valence-corrected chi connectivity index (χ1v) is 8.18. The summed E-state index contributed by atoms with van der Waals surface area (Å²) >= 11 is 1.49. The maximum absolute atomic E-state index is 12.3. The smallest absolute Gasteiger partial charge is 0.422 e. The van der Waals surface area contributed by atoms with Crippen LogP contribution in [0.5, 0.6) is 5.75 Å². The van der Waals surface area contributed by atoms with Gasteiger partial charge in [0.15, 0.2) is 17.6 Å². The minimum absolute atomic E-state index is 0. The van der Waals surface area contributed by atoms with Gasteiger partial charge in [-0.25, -0.2) is 9.97 Å². The summed E-state index contributed by atoms with van der Waals surface area (Å²) in [4.78, 5) is 10.7. The Bertz CT molecular complexity index is 821. The van der Waals surface area contributed by atoms with Crippen LogP contribution in [0.15, 0.2) is 41.7 Å². The first-order valence-electron chi connectivity index (χ1n) is 7.19. The maximum Gasteiger partial charge on any atom is 0.422 e. The number of rotatable bonds is 5. The minimum Gasteiger partial charge on any atom is -1.00 e. The summed E-state index contributed by atoms with van der Waals surface area (Å²) in [7, 11) is 0. The van der Waals surface area contributed by atoms with Crippen molar-refractivity contribution in [3.05, 3.63) is 47.8 Å². The van der Waals surface area contributed by atoms with Gasteiger partial charge in [-0.1, -0.05) is 12.1 Å². The highest BCUT2D eigenvalue weighted by molar-refractivity contribution is 7.98. The Balaban J connectivity index is 0.00000225. The molecule has 0 aliphatic heterocycles. The standard InChI is InChI=1S/C16H14F3N3OS.H/c1-10-13(20-7-6-14(10)23-9-16(17,18)19)8-24-15-21-11-4-2-3-5-12(11)22-15;/h2-7H,8-9H2,1H3,(H,21,22);/q;-1/p+1. The van der Waals surface area contributed by atoms with Crippen molar-refractivity contribution in [3.63, 3.8) is 0 Å². The minimum atomic E-state index is -4.36. The van der Waals surface area contributed by atoms with E-state index >= 15 is 0 Å². The van der Waals surface area contributed by atoms with E-state index in [0.717, 1.165) is 16.2 Å². The molecule has 2 aromatic heterocycles. The van der Waals surface area contributed by atoms with Gasteiger partial charge in [0.1, 0.15) is 5.75 Å². The average molecular weight is 355 g/mol. The number of H-pyrrole nitrogens is 2. The highest BCUT2D eigenvalue weighted by Gasteiger charge is 2.28. The normalized spacial score (nSPS) is 11.8. The molecule has 2 heterocycles. The van der Waals surface area contributed by atoms with Crippen molar-refractivity contribution in [1.82, 2.24) is 9.97 Å². The van der Waals surface area contributed by atoms with Crippen LogP contribution in [0.4, 0.5) is 13.2 Å². The molecule has 0 fully saturated rings. The van der Waals surface area contributed by atoms with Gasteiger partial charge in [-0.2, -0.15) is 13.2 Å². The Labute approximate surface area is 141 Å². The molecule has 8 heteroatoms. The largest absolute Gasteiger partial charge is 1.00 e. The lowest BCUT2D eigenvalue weighted by molar-refractivity contribution is -0.396. The van der Waals surface area contributed by atoms with Gasteiger partial charge < -0.3 is 6.16 Å². The van der Waals surface area contributed by atoms with E-state index in [1.165, 1.54) is 24.0 Å². The third-order valence-electron chi connectivity index (χ3n) is 3.43. The fraction of sp³-hybridized carbons (Fsp3) is 0.250. The lowest BCUT2D eigenvalue weighted by atomic mass is 10.2. The molecule has 4 nitrogen and oxygen atoms in total. The highest BCUT2D eigenvalue weighted by Crippen LogP contribution is 2.27. The fourth-order valence-corrected chi connectivity index (χ4v) is 3.15. The number of thioether (sulfide) groups is 1. The van der Waals surface area contributed by atoms with Crippen LogP contribution < -0.4 is 9.72 Å². The van der Waals surface area contributed by atoms with Gasteiger partial charge in [-0.05, 0) is 36.9 Å². The third kappa shape index (κ3) is 4.00. The molecule has 128 valence electrons. The van der Waals surface area contributed by atoms with Gasteiger partial charge >= 0.3 is 11.3 Å². The number of imidazole rings is 1. The van der Waals surface area contributed by atoms with Crippen molar-refractivity contribution < 1.29 is 24.3 Å². The van der Waals surface area contributed by atoms with E-state index in [1.54, 1.807) is 6.92 Å². The van der Waals surface area contributed by atoms with Gasteiger partial charge in [0.2, 0.25) is 0 Å². The van der Waals surface area contributed by atoms with Crippen molar-refractivity contribution >= 4 is 22.8 Å².